The van der Waals surface area contributed by atoms with E-state index in [0.717, 1.165) is 4.57 Å². The minimum absolute atomic E-state index is 0.182. The number of nitrogens with zero attached hydrogens (tertiary/aromatic N) is 3. The number of aromatic nitrogens is 2. The van der Waals surface area contributed by atoms with Gasteiger partial charge in [0.15, 0.2) is 5.78 Å². The molecule has 0 spiro atoms. The SMILES string of the molecule is Cn1c(NCCNc2ccc([N+](=O)[O-])cc2C(=O)c2ccccc2)cc(=O)n(C)c1=O.O=C(O)C(=O)O. The Bertz CT molecular complexity index is 1430. The monoisotopic (exact) mass is 513 g/mol. The van der Waals surface area contributed by atoms with E-state index in [9.17, 15) is 24.5 Å². The highest BCUT2D eigenvalue weighted by Crippen LogP contribution is 2.24. The Labute approximate surface area is 208 Å². The summed E-state index contributed by atoms with van der Waals surface area (Å²) in [5, 5.41) is 32.0. The van der Waals surface area contributed by atoms with Crippen molar-refractivity contribution in [2.45, 2.75) is 0 Å². The van der Waals surface area contributed by atoms with Gasteiger partial charge in [-0.15, -0.1) is 0 Å². The van der Waals surface area contributed by atoms with E-state index < -0.39 is 28.1 Å². The second-order valence-corrected chi connectivity index (χ2v) is 7.41. The van der Waals surface area contributed by atoms with Gasteiger partial charge in [-0.25, -0.2) is 14.4 Å². The van der Waals surface area contributed by atoms with Gasteiger partial charge < -0.3 is 20.8 Å². The Kier molecular flexibility index (Phi) is 9.40. The highest BCUT2D eigenvalue weighted by molar-refractivity contribution is 6.27. The number of non-ortho nitro benzene ring substituents is 1. The van der Waals surface area contributed by atoms with Crippen LogP contribution in [-0.4, -0.2) is 55.1 Å². The number of nitro groups is 1. The topological polar surface area (TPSA) is 203 Å². The Hall–Kier alpha value is -5.27. The fraction of sp³-hybridized carbons (Fsp3) is 0.174. The lowest BCUT2D eigenvalue weighted by molar-refractivity contribution is -0.384. The third-order valence-corrected chi connectivity index (χ3v) is 4.95. The number of carbonyl (C=O) groups is 3. The molecule has 0 aliphatic rings. The van der Waals surface area contributed by atoms with Gasteiger partial charge in [-0.05, 0) is 6.07 Å². The summed E-state index contributed by atoms with van der Waals surface area (Å²) in [4.78, 5) is 65.5. The molecule has 3 aromatic rings. The molecule has 2 aromatic carbocycles. The maximum atomic E-state index is 12.9. The third-order valence-electron chi connectivity index (χ3n) is 4.95. The quantitative estimate of drug-likeness (QED) is 0.110. The van der Waals surface area contributed by atoms with Crippen LogP contribution in [0.5, 0.6) is 0 Å². The van der Waals surface area contributed by atoms with Crippen molar-refractivity contribution in [3.8, 4) is 0 Å². The number of nitrogens with one attached hydrogen (secondary N) is 2. The van der Waals surface area contributed by atoms with Crippen LogP contribution in [0.1, 0.15) is 15.9 Å². The molecular formula is C23H23N5O9. The second kappa shape index (κ2) is 12.4. The van der Waals surface area contributed by atoms with Crippen molar-refractivity contribution in [1.82, 2.24) is 9.13 Å². The van der Waals surface area contributed by atoms with Gasteiger partial charge in [0.25, 0.3) is 11.2 Å². The molecule has 3 rings (SSSR count). The molecule has 0 amide bonds. The van der Waals surface area contributed by atoms with Crippen LogP contribution >= 0.6 is 0 Å². The molecule has 0 bridgehead atoms. The smallest absolute Gasteiger partial charge is 0.414 e. The summed E-state index contributed by atoms with van der Waals surface area (Å²) in [6.45, 7) is 0.659. The zero-order chi connectivity index (χ0) is 27.7. The number of nitro benzene ring substituents is 1. The number of carboxylic acids is 2. The fourth-order valence-corrected chi connectivity index (χ4v) is 3.02. The van der Waals surface area contributed by atoms with Crippen molar-refractivity contribution in [2.24, 2.45) is 14.1 Å². The molecule has 14 nitrogen and oxygen atoms in total. The summed E-state index contributed by atoms with van der Waals surface area (Å²) < 4.78 is 2.32. The van der Waals surface area contributed by atoms with Crippen molar-refractivity contribution in [2.75, 3.05) is 23.7 Å². The molecular weight excluding hydrogens is 490 g/mol. The minimum Gasteiger partial charge on any atom is -0.473 e. The molecule has 0 unspecified atom stereocenters. The second-order valence-electron chi connectivity index (χ2n) is 7.41. The number of benzene rings is 2. The maximum absolute atomic E-state index is 12.9. The summed E-state index contributed by atoms with van der Waals surface area (Å²) in [5.41, 5.74) is -0.0170. The zero-order valence-corrected chi connectivity index (χ0v) is 19.7. The van der Waals surface area contributed by atoms with Gasteiger partial charge in [0.05, 0.1) is 10.5 Å². The highest BCUT2D eigenvalue weighted by Gasteiger charge is 2.18. The van der Waals surface area contributed by atoms with Gasteiger partial charge in [-0.3, -0.25) is 28.8 Å². The minimum atomic E-state index is -1.82. The molecule has 0 aliphatic heterocycles. The molecule has 4 N–H and O–H groups in total. The van der Waals surface area contributed by atoms with Crippen LogP contribution in [0.25, 0.3) is 0 Å². The van der Waals surface area contributed by atoms with E-state index in [-0.39, 0.29) is 17.0 Å². The van der Waals surface area contributed by atoms with Crippen molar-refractivity contribution in [3.63, 3.8) is 0 Å². The average molecular weight is 513 g/mol. The lowest BCUT2D eigenvalue weighted by Gasteiger charge is -2.14. The van der Waals surface area contributed by atoms with E-state index in [0.29, 0.717) is 30.2 Å². The van der Waals surface area contributed by atoms with Crippen molar-refractivity contribution < 1.29 is 29.5 Å². The number of aliphatic carboxylic acids is 2. The maximum Gasteiger partial charge on any atom is 0.414 e. The first-order valence-electron chi connectivity index (χ1n) is 10.5. The van der Waals surface area contributed by atoms with E-state index in [4.69, 9.17) is 19.8 Å². The zero-order valence-electron chi connectivity index (χ0n) is 19.7. The van der Waals surface area contributed by atoms with Crippen LogP contribution in [0.3, 0.4) is 0 Å². The number of carbonyl (C=O) groups excluding carboxylic acids is 1. The van der Waals surface area contributed by atoms with Crippen LogP contribution in [0, 0.1) is 10.1 Å². The summed E-state index contributed by atoms with van der Waals surface area (Å²) in [6, 6.07) is 13.9. The first kappa shape index (κ1) is 28.0. The number of hydrogen-bond acceptors (Lipinski definition) is 9. The molecule has 37 heavy (non-hydrogen) atoms. The molecule has 1 aromatic heterocycles. The Balaban J connectivity index is 0.000000717. The molecule has 0 fully saturated rings. The van der Waals surface area contributed by atoms with Crippen molar-refractivity contribution in [3.05, 3.63) is 96.7 Å². The lowest BCUT2D eigenvalue weighted by Crippen LogP contribution is -2.37. The van der Waals surface area contributed by atoms with Crippen molar-refractivity contribution >= 4 is 34.9 Å². The van der Waals surface area contributed by atoms with Gasteiger partial charge in [-0.1, -0.05) is 30.3 Å². The number of carboxylic acid groups (broad SMARTS) is 2. The largest absolute Gasteiger partial charge is 0.473 e. The van der Waals surface area contributed by atoms with E-state index >= 15 is 0 Å². The normalized spacial score (nSPS) is 10.0. The summed E-state index contributed by atoms with van der Waals surface area (Å²) in [7, 11) is 2.94. The molecule has 194 valence electrons. The first-order chi connectivity index (χ1) is 17.4. The number of anilines is 2. The Morgan fingerprint density at radius 2 is 1.49 bits per heavy atom. The van der Waals surface area contributed by atoms with Crippen LogP contribution in [0.2, 0.25) is 0 Å². The number of hydrogen-bond donors (Lipinski definition) is 4. The van der Waals surface area contributed by atoms with Gasteiger partial charge >= 0.3 is 17.6 Å². The predicted octanol–water partition coefficient (Wildman–Crippen LogP) is 0.903. The molecule has 14 heteroatoms. The third kappa shape index (κ3) is 7.35. The first-order valence-corrected chi connectivity index (χ1v) is 10.5. The Morgan fingerprint density at radius 1 is 0.892 bits per heavy atom. The van der Waals surface area contributed by atoms with Gasteiger partial charge in [-0.2, -0.15) is 0 Å². The van der Waals surface area contributed by atoms with E-state index in [1.165, 1.54) is 35.9 Å². The average Bonchev–Trinajstić information content (AvgIpc) is 2.88. The lowest BCUT2D eigenvalue weighted by atomic mass is 10.0. The van der Waals surface area contributed by atoms with Gasteiger partial charge in [0, 0.05) is 56.6 Å². The van der Waals surface area contributed by atoms with Crippen LogP contribution < -0.4 is 21.9 Å². The van der Waals surface area contributed by atoms with E-state index in [2.05, 4.69) is 10.6 Å². The van der Waals surface area contributed by atoms with Gasteiger partial charge in [0.2, 0.25) is 0 Å². The van der Waals surface area contributed by atoms with Crippen LogP contribution in [0.4, 0.5) is 17.2 Å². The van der Waals surface area contributed by atoms with E-state index in [1.807, 2.05) is 0 Å². The molecule has 1 heterocycles. The van der Waals surface area contributed by atoms with Crippen molar-refractivity contribution in [1.29, 1.82) is 0 Å². The Morgan fingerprint density at radius 3 is 2.05 bits per heavy atom. The molecule has 0 saturated heterocycles. The predicted molar refractivity (Wildman–Crippen MR) is 132 cm³/mol. The molecule has 0 saturated carbocycles. The van der Waals surface area contributed by atoms with Crippen LogP contribution in [0.15, 0.2) is 64.2 Å². The highest BCUT2D eigenvalue weighted by atomic mass is 16.6. The summed E-state index contributed by atoms with van der Waals surface area (Å²) in [5.74, 6) is -3.63. The number of rotatable bonds is 8. The standard InChI is InChI=1S/C21H21N5O5.C2H2O4/c1-24-18(13-19(27)25(2)21(24)29)23-11-10-22-17-9-8-15(26(30)31)12-16(17)20(28)14-6-4-3-5-7-14;3-1(4)2(5)6/h3-9,12-13,22-23H,10-11H2,1-2H3;(H,3,4)(H,5,6). The fourth-order valence-electron chi connectivity index (χ4n) is 3.02. The van der Waals surface area contributed by atoms with Crippen LogP contribution in [-0.2, 0) is 23.7 Å². The van der Waals surface area contributed by atoms with E-state index in [1.54, 1.807) is 37.4 Å². The summed E-state index contributed by atoms with van der Waals surface area (Å²) >= 11 is 0. The number of ketones is 1. The van der Waals surface area contributed by atoms with Gasteiger partial charge in [0.1, 0.15) is 5.82 Å². The summed E-state index contributed by atoms with van der Waals surface area (Å²) in [6.07, 6.45) is 0. The molecule has 0 aliphatic carbocycles. The molecule has 0 radical (unpaired) electrons. The molecule has 0 atom stereocenters.